The summed E-state index contributed by atoms with van der Waals surface area (Å²) in [6, 6.07) is 63.3. The molecular weight excluding hydrogens is 661 g/mol. The number of fused-ring (bicyclic) bond motifs is 7. The van der Waals surface area contributed by atoms with Crippen molar-refractivity contribution in [2.75, 3.05) is 0 Å². The van der Waals surface area contributed by atoms with Crippen molar-refractivity contribution in [3.63, 3.8) is 0 Å². The van der Waals surface area contributed by atoms with Gasteiger partial charge in [-0.15, -0.1) is 0 Å². The van der Waals surface area contributed by atoms with Crippen LogP contribution in [0.2, 0.25) is 0 Å². The van der Waals surface area contributed by atoms with Crippen LogP contribution < -0.4 is 0 Å². The van der Waals surface area contributed by atoms with Gasteiger partial charge in [0.25, 0.3) is 0 Å². The third-order valence-corrected chi connectivity index (χ3v) is 10.4. The lowest BCUT2D eigenvalue weighted by Gasteiger charge is -2.12. The molecule has 0 atom stereocenters. The first-order valence-electron chi connectivity index (χ1n) is 18.1. The monoisotopic (exact) mass is 690 g/mol. The number of benzene rings is 8. The van der Waals surface area contributed by atoms with E-state index in [2.05, 4.69) is 114 Å². The van der Waals surface area contributed by atoms with Crippen LogP contribution in [-0.4, -0.2) is 19.5 Å². The topological polar surface area (TPSA) is 56.7 Å². The van der Waals surface area contributed by atoms with Crippen molar-refractivity contribution in [1.82, 2.24) is 19.5 Å². The van der Waals surface area contributed by atoms with Crippen LogP contribution in [0.4, 0.5) is 0 Å². The van der Waals surface area contributed by atoms with Crippen LogP contribution in [0.5, 0.6) is 0 Å². The Hall–Kier alpha value is -7.37. The minimum atomic E-state index is 0.595. The predicted octanol–water partition coefficient (Wildman–Crippen LogP) is 12.7. The number of aromatic nitrogens is 4. The Morgan fingerprint density at radius 1 is 0.389 bits per heavy atom. The fraction of sp³-hybridized carbons (Fsp3) is 0. The molecule has 5 heteroatoms. The van der Waals surface area contributed by atoms with Crippen molar-refractivity contribution in [2.45, 2.75) is 0 Å². The highest BCUT2D eigenvalue weighted by atomic mass is 16.3. The molecule has 54 heavy (non-hydrogen) atoms. The zero-order chi connectivity index (χ0) is 35.6. The van der Waals surface area contributed by atoms with E-state index in [-0.39, 0.29) is 0 Å². The van der Waals surface area contributed by atoms with Crippen LogP contribution in [-0.2, 0) is 0 Å². The second-order valence-corrected chi connectivity index (χ2v) is 13.6. The SMILES string of the molecule is c1ccc(-c2nc(-c3ccccc3)nc(-c3cccc4oc5ccc(-n6c7ccccc7c7c(-c8ccccc8)c8ccccc8cc76)cc5c34)n2)cc1. The summed E-state index contributed by atoms with van der Waals surface area (Å²) in [7, 11) is 0. The highest BCUT2D eigenvalue weighted by Crippen LogP contribution is 2.44. The average molecular weight is 691 g/mol. The highest BCUT2D eigenvalue weighted by Gasteiger charge is 2.22. The molecule has 0 amide bonds. The summed E-state index contributed by atoms with van der Waals surface area (Å²) < 4.78 is 8.94. The number of para-hydroxylation sites is 1. The Bertz CT molecular complexity index is 3140. The lowest BCUT2D eigenvalue weighted by Crippen LogP contribution is -2.00. The van der Waals surface area contributed by atoms with E-state index in [1.807, 2.05) is 72.8 Å². The van der Waals surface area contributed by atoms with Gasteiger partial charge in [-0.25, -0.2) is 15.0 Å². The van der Waals surface area contributed by atoms with E-state index in [1.54, 1.807) is 0 Å². The summed E-state index contributed by atoms with van der Waals surface area (Å²) in [6.45, 7) is 0. The second-order valence-electron chi connectivity index (χ2n) is 13.6. The molecule has 11 rings (SSSR count). The van der Waals surface area contributed by atoms with Gasteiger partial charge in [0.05, 0.1) is 11.0 Å². The van der Waals surface area contributed by atoms with E-state index < -0.39 is 0 Å². The molecule has 0 spiro atoms. The summed E-state index contributed by atoms with van der Waals surface area (Å²) in [5.74, 6) is 1.84. The first-order chi connectivity index (χ1) is 26.8. The average Bonchev–Trinajstić information content (AvgIpc) is 3.79. The lowest BCUT2D eigenvalue weighted by molar-refractivity contribution is 0.669. The van der Waals surface area contributed by atoms with Crippen molar-refractivity contribution in [2.24, 2.45) is 0 Å². The molecule has 0 aliphatic carbocycles. The summed E-state index contributed by atoms with van der Waals surface area (Å²) in [4.78, 5) is 15.1. The number of nitrogens with zero attached hydrogens (tertiary/aromatic N) is 4. The maximum atomic E-state index is 6.55. The molecule has 0 aliphatic rings. The first kappa shape index (κ1) is 30.3. The van der Waals surface area contributed by atoms with Crippen LogP contribution in [0, 0.1) is 0 Å². The highest BCUT2D eigenvalue weighted by molar-refractivity contribution is 6.23. The zero-order valence-electron chi connectivity index (χ0n) is 29.0. The van der Waals surface area contributed by atoms with Gasteiger partial charge in [0.1, 0.15) is 11.2 Å². The van der Waals surface area contributed by atoms with Gasteiger partial charge in [-0.05, 0) is 58.3 Å². The van der Waals surface area contributed by atoms with E-state index in [4.69, 9.17) is 19.4 Å². The molecular formula is C49H30N4O. The molecule has 0 saturated carbocycles. The van der Waals surface area contributed by atoms with Crippen molar-refractivity contribution in [1.29, 1.82) is 0 Å². The molecule has 0 aliphatic heterocycles. The van der Waals surface area contributed by atoms with Crippen LogP contribution in [0.1, 0.15) is 0 Å². The van der Waals surface area contributed by atoms with Gasteiger partial charge in [0.15, 0.2) is 17.5 Å². The van der Waals surface area contributed by atoms with Gasteiger partial charge < -0.3 is 8.98 Å². The van der Waals surface area contributed by atoms with E-state index >= 15 is 0 Å². The van der Waals surface area contributed by atoms with Crippen LogP contribution in [0.15, 0.2) is 186 Å². The van der Waals surface area contributed by atoms with Gasteiger partial charge in [-0.3, -0.25) is 0 Å². The molecule has 8 aromatic carbocycles. The van der Waals surface area contributed by atoms with Crippen molar-refractivity contribution < 1.29 is 4.42 Å². The van der Waals surface area contributed by atoms with Gasteiger partial charge >= 0.3 is 0 Å². The Morgan fingerprint density at radius 3 is 1.72 bits per heavy atom. The minimum Gasteiger partial charge on any atom is -0.456 e. The van der Waals surface area contributed by atoms with Crippen LogP contribution in [0.3, 0.4) is 0 Å². The molecule has 0 N–H and O–H groups in total. The fourth-order valence-electron chi connectivity index (χ4n) is 8.04. The maximum absolute atomic E-state index is 6.55. The molecule has 3 heterocycles. The third-order valence-electron chi connectivity index (χ3n) is 10.4. The van der Waals surface area contributed by atoms with Gasteiger partial charge in [-0.2, -0.15) is 0 Å². The quantitative estimate of drug-likeness (QED) is 0.180. The van der Waals surface area contributed by atoms with Gasteiger partial charge in [0, 0.05) is 43.9 Å². The predicted molar refractivity (Wildman–Crippen MR) is 221 cm³/mol. The second kappa shape index (κ2) is 12.1. The van der Waals surface area contributed by atoms with Crippen molar-refractivity contribution in [3.05, 3.63) is 182 Å². The molecule has 0 unspecified atom stereocenters. The van der Waals surface area contributed by atoms with Crippen LogP contribution >= 0.6 is 0 Å². The van der Waals surface area contributed by atoms with E-state index in [9.17, 15) is 0 Å². The Morgan fingerprint density at radius 2 is 1.00 bits per heavy atom. The normalized spacial score (nSPS) is 11.7. The lowest BCUT2D eigenvalue weighted by atomic mass is 9.93. The Kier molecular flexibility index (Phi) is 6.79. The number of hydrogen-bond acceptors (Lipinski definition) is 4. The summed E-state index contributed by atoms with van der Waals surface area (Å²) in [6.07, 6.45) is 0. The van der Waals surface area contributed by atoms with E-state index in [1.165, 1.54) is 32.7 Å². The Balaban J connectivity index is 1.19. The molecule has 5 nitrogen and oxygen atoms in total. The molecule has 3 aromatic heterocycles. The van der Waals surface area contributed by atoms with E-state index in [0.717, 1.165) is 55.3 Å². The standard InChI is InChI=1S/C49H30N4O/c1-4-15-31(16-5-1)44-36-22-11-10-21-34(36)29-41-46(44)37-23-12-13-25-40(37)53(41)35-27-28-42-39(30-35)45-38(24-14-26-43(45)54-42)49-51-47(32-17-6-2-7-18-32)50-48(52-49)33-19-8-3-9-20-33/h1-30H. The minimum absolute atomic E-state index is 0.595. The number of furan rings is 1. The largest absolute Gasteiger partial charge is 0.456 e. The molecule has 252 valence electrons. The molecule has 0 radical (unpaired) electrons. The molecule has 11 aromatic rings. The van der Waals surface area contributed by atoms with E-state index in [0.29, 0.717) is 17.5 Å². The van der Waals surface area contributed by atoms with Gasteiger partial charge in [-0.1, -0.05) is 146 Å². The summed E-state index contributed by atoms with van der Waals surface area (Å²) in [5, 5.41) is 6.85. The maximum Gasteiger partial charge on any atom is 0.164 e. The van der Waals surface area contributed by atoms with Crippen molar-refractivity contribution >= 4 is 54.5 Å². The Labute approximate surface area is 310 Å². The summed E-state index contributed by atoms with van der Waals surface area (Å²) >= 11 is 0. The third kappa shape index (κ3) is 4.76. The zero-order valence-corrected chi connectivity index (χ0v) is 29.0. The molecule has 0 saturated heterocycles. The van der Waals surface area contributed by atoms with Crippen molar-refractivity contribution in [3.8, 4) is 51.0 Å². The van der Waals surface area contributed by atoms with Crippen LogP contribution in [0.25, 0.3) is 105 Å². The summed E-state index contributed by atoms with van der Waals surface area (Å²) in [5.41, 5.74) is 10.1. The van der Waals surface area contributed by atoms with Gasteiger partial charge in [0.2, 0.25) is 0 Å². The number of rotatable bonds is 5. The molecule has 0 bridgehead atoms. The smallest absolute Gasteiger partial charge is 0.164 e. The number of hydrogen-bond donors (Lipinski definition) is 0. The first-order valence-corrected chi connectivity index (χ1v) is 18.1. The molecule has 0 fully saturated rings. The fourth-order valence-corrected chi connectivity index (χ4v) is 8.04.